The summed E-state index contributed by atoms with van der Waals surface area (Å²) in [6.07, 6.45) is 4.13. The quantitative estimate of drug-likeness (QED) is 0.794. The Kier molecular flexibility index (Phi) is 4.09. The molecule has 0 fully saturated rings. The van der Waals surface area contributed by atoms with Crippen LogP contribution in [0.2, 0.25) is 0 Å². The lowest BCUT2D eigenvalue weighted by Gasteiger charge is -2.12. The normalized spacial score (nSPS) is 12.1. The highest BCUT2D eigenvalue weighted by Crippen LogP contribution is 1.90. The molecular formula is C11H16N2O2. The molecule has 0 aliphatic heterocycles. The fourth-order valence-corrected chi connectivity index (χ4v) is 1.14. The van der Waals surface area contributed by atoms with Crippen molar-refractivity contribution in [3.8, 4) is 0 Å². The molecule has 1 rings (SSSR count). The number of nitrogens with zero attached hydrogens (tertiary/aromatic N) is 1. The third kappa shape index (κ3) is 3.97. The maximum atomic E-state index is 11.5. The molecule has 0 saturated carbocycles. The van der Waals surface area contributed by atoms with E-state index in [-0.39, 0.29) is 23.9 Å². The molecule has 4 nitrogen and oxygen atoms in total. The molecule has 1 N–H and O–H groups in total. The van der Waals surface area contributed by atoms with Gasteiger partial charge >= 0.3 is 0 Å². The summed E-state index contributed by atoms with van der Waals surface area (Å²) in [5, 5.41) is 2.85. The second kappa shape index (κ2) is 5.34. The molecule has 1 aromatic heterocycles. The molecule has 1 heterocycles. The van der Waals surface area contributed by atoms with Gasteiger partial charge in [-0.1, -0.05) is 6.92 Å². The minimum Gasteiger partial charge on any atom is -0.352 e. The van der Waals surface area contributed by atoms with E-state index < -0.39 is 0 Å². The van der Waals surface area contributed by atoms with Crippen molar-refractivity contribution in [1.82, 2.24) is 9.88 Å². The fourth-order valence-electron chi connectivity index (χ4n) is 1.14. The van der Waals surface area contributed by atoms with Gasteiger partial charge in [0.25, 0.3) is 0 Å². The lowest BCUT2D eigenvalue weighted by atomic mass is 10.2. The fraction of sp³-hybridized carbons (Fsp3) is 0.455. The van der Waals surface area contributed by atoms with Crippen molar-refractivity contribution in [3.05, 3.63) is 34.7 Å². The third-order valence-electron chi connectivity index (χ3n) is 2.21. The monoisotopic (exact) mass is 208 g/mol. The highest BCUT2D eigenvalue weighted by Gasteiger charge is 2.04. The van der Waals surface area contributed by atoms with Gasteiger partial charge in [-0.2, -0.15) is 0 Å². The lowest BCUT2D eigenvalue weighted by molar-refractivity contribution is -0.122. The van der Waals surface area contributed by atoms with Crippen LogP contribution in [0.4, 0.5) is 0 Å². The Balaban J connectivity index is 2.51. The van der Waals surface area contributed by atoms with E-state index in [1.54, 1.807) is 17.0 Å². The van der Waals surface area contributed by atoms with E-state index in [1.165, 1.54) is 12.1 Å². The maximum Gasteiger partial charge on any atom is 0.240 e. The van der Waals surface area contributed by atoms with Gasteiger partial charge in [-0.3, -0.25) is 9.59 Å². The van der Waals surface area contributed by atoms with Gasteiger partial charge in [0.05, 0.1) is 0 Å². The number of amides is 1. The maximum absolute atomic E-state index is 11.5. The first-order valence-corrected chi connectivity index (χ1v) is 5.07. The number of pyridine rings is 1. The van der Waals surface area contributed by atoms with Crippen LogP contribution < -0.4 is 10.7 Å². The van der Waals surface area contributed by atoms with E-state index in [0.29, 0.717) is 0 Å². The van der Waals surface area contributed by atoms with Gasteiger partial charge < -0.3 is 9.88 Å². The largest absolute Gasteiger partial charge is 0.352 e. The summed E-state index contributed by atoms with van der Waals surface area (Å²) in [5.41, 5.74) is -0.0476. The Hall–Kier alpha value is -1.58. The Morgan fingerprint density at radius 2 is 2.07 bits per heavy atom. The van der Waals surface area contributed by atoms with Crippen molar-refractivity contribution in [2.24, 2.45) is 0 Å². The van der Waals surface area contributed by atoms with Crippen LogP contribution >= 0.6 is 0 Å². The van der Waals surface area contributed by atoms with Crippen LogP contribution in [0.15, 0.2) is 29.3 Å². The Morgan fingerprint density at radius 3 is 2.60 bits per heavy atom. The summed E-state index contributed by atoms with van der Waals surface area (Å²) in [4.78, 5) is 22.3. The Bertz CT molecular complexity index is 364. The van der Waals surface area contributed by atoms with E-state index in [1.807, 2.05) is 13.8 Å². The zero-order valence-corrected chi connectivity index (χ0v) is 9.06. The van der Waals surface area contributed by atoms with Crippen LogP contribution in [-0.2, 0) is 11.3 Å². The summed E-state index contributed by atoms with van der Waals surface area (Å²) in [6, 6.07) is 3.07. The first-order valence-electron chi connectivity index (χ1n) is 5.07. The van der Waals surface area contributed by atoms with Crippen molar-refractivity contribution in [2.75, 3.05) is 0 Å². The van der Waals surface area contributed by atoms with Gasteiger partial charge in [0.15, 0.2) is 5.43 Å². The van der Waals surface area contributed by atoms with E-state index in [4.69, 9.17) is 0 Å². The third-order valence-corrected chi connectivity index (χ3v) is 2.21. The molecule has 0 saturated heterocycles. The number of hydrogen-bond donors (Lipinski definition) is 1. The zero-order chi connectivity index (χ0) is 11.3. The number of hydrogen-bond acceptors (Lipinski definition) is 2. The van der Waals surface area contributed by atoms with Crippen LogP contribution in [-0.4, -0.2) is 16.5 Å². The first kappa shape index (κ1) is 11.5. The summed E-state index contributed by atoms with van der Waals surface area (Å²) in [6.45, 7) is 4.23. The number of nitrogens with one attached hydrogen (secondary N) is 1. The molecule has 0 spiro atoms. The molecule has 0 aromatic carbocycles. The van der Waals surface area contributed by atoms with Crippen LogP contribution in [0, 0.1) is 0 Å². The van der Waals surface area contributed by atoms with Crippen molar-refractivity contribution in [1.29, 1.82) is 0 Å². The molecule has 0 radical (unpaired) electrons. The average molecular weight is 208 g/mol. The summed E-state index contributed by atoms with van der Waals surface area (Å²) in [5.74, 6) is -0.0343. The second-order valence-corrected chi connectivity index (χ2v) is 3.58. The topological polar surface area (TPSA) is 51.1 Å². The number of carbonyl (C=O) groups excluding carboxylic acids is 1. The SMILES string of the molecule is CCC(C)NC(=O)Cn1ccc(=O)cc1. The number of carbonyl (C=O) groups is 1. The minimum atomic E-state index is -0.0476. The van der Waals surface area contributed by atoms with Crippen LogP contribution in [0.3, 0.4) is 0 Å². The molecule has 82 valence electrons. The molecular weight excluding hydrogens is 192 g/mol. The van der Waals surface area contributed by atoms with Gasteiger partial charge in [-0.15, -0.1) is 0 Å². The molecule has 1 aromatic rings. The van der Waals surface area contributed by atoms with Crippen LogP contribution in [0.1, 0.15) is 20.3 Å². The molecule has 4 heteroatoms. The van der Waals surface area contributed by atoms with Gasteiger partial charge in [-0.05, 0) is 13.3 Å². The number of rotatable bonds is 4. The number of aromatic nitrogens is 1. The second-order valence-electron chi connectivity index (χ2n) is 3.58. The van der Waals surface area contributed by atoms with Crippen molar-refractivity contribution in [2.45, 2.75) is 32.9 Å². The molecule has 0 aliphatic carbocycles. The van der Waals surface area contributed by atoms with Crippen LogP contribution in [0.25, 0.3) is 0 Å². The highest BCUT2D eigenvalue weighted by molar-refractivity contribution is 5.75. The molecule has 0 aliphatic rings. The molecule has 1 atom stereocenters. The summed E-state index contributed by atoms with van der Waals surface area (Å²) < 4.78 is 1.68. The van der Waals surface area contributed by atoms with E-state index in [2.05, 4.69) is 5.32 Å². The van der Waals surface area contributed by atoms with Gasteiger partial charge in [0.2, 0.25) is 5.91 Å². The smallest absolute Gasteiger partial charge is 0.240 e. The van der Waals surface area contributed by atoms with Gasteiger partial charge in [0.1, 0.15) is 6.54 Å². The van der Waals surface area contributed by atoms with E-state index in [9.17, 15) is 9.59 Å². The van der Waals surface area contributed by atoms with Crippen molar-refractivity contribution < 1.29 is 4.79 Å². The van der Waals surface area contributed by atoms with Gasteiger partial charge in [-0.25, -0.2) is 0 Å². The minimum absolute atomic E-state index is 0.0343. The first-order chi connectivity index (χ1) is 7.11. The lowest BCUT2D eigenvalue weighted by Crippen LogP contribution is -2.34. The predicted molar refractivity (Wildman–Crippen MR) is 58.6 cm³/mol. The van der Waals surface area contributed by atoms with E-state index >= 15 is 0 Å². The molecule has 15 heavy (non-hydrogen) atoms. The highest BCUT2D eigenvalue weighted by atomic mass is 16.2. The van der Waals surface area contributed by atoms with Crippen molar-refractivity contribution in [3.63, 3.8) is 0 Å². The summed E-state index contributed by atoms with van der Waals surface area (Å²) >= 11 is 0. The van der Waals surface area contributed by atoms with Gasteiger partial charge in [0, 0.05) is 30.6 Å². The van der Waals surface area contributed by atoms with E-state index in [0.717, 1.165) is 6.42 Å². The molecule has 1 unspecified atom stereocenters. The Labute approximate surface area is 88.9 Å². The van der Waals surface area contributed by atoms with Crippen LogP contribution in [0.5, 0.6) is 0 Å². The standard InChI is InChI=1S/C11H16N2O2/c1-3-9(2)12-11(15)8-13-6-4-10(14)5-7-13/h4-7,9H,3,8H2,1-2H3,(H,12,15). The average Bonchev–Trinajstić information content (AvgIpc) is 2.21. The Morgan fingerprint density at radius 1 is 1.47 bits per heavy atom. The predicted octanol–water partition coefficient (Wildman–Crippen LogP) is 0.763. The molecule has 1 amide bonds. The molecule has 0 bridgehead atoms. The zero-order valence-electron chi connectivity index (χ0n) is 9.06. The summed E-state index contributed by atoms with van der Waals surface area (Å²) in [7, 11) is 0. The van der Waals surface area contributed by atoms with Crippen molar-refractivity contribution >= 4 is 5.91 Å².